The second kappa shape index (κ2) is 8.31. The molecule has 3 heterocycles. The zero-order valence-corrected chi connectivity index (χ0v) is 20.1. The first kappa shape index (κ1) is 22.0. The van der Waals surface area contributed by atoms with Gasteiger partial charge in [0, 0.05) is 46.6 Å². The number of aromatic nitrogens is 4. The standard InChI is InChI=1S/C28H25N7O/c1-28(2)15-31-27(36)22-10-7-20(11-23(22)28)33-26-19(12-29)13-30-25(34-26)18-5-8-21(9-6-18)35-14-24(32-16-35)17-3-4-17/h5-11,13-14,16-17H,3-4,15H2,1-2H3,(H,31,36)(H,30,33,34). The van der Waals surface area contributed by atoms with E-state index in [2.05, 4.69) is 51.7 Å². The van der Waals surface area contributed by atoms with Crippen LogP contribution in [0.25, 0.3) is 17.1 Å². The molecule has 178 valence electrons. The Labute approximate surface area is 209 Å². The third-order valence-electron chi connectivity index (χ3n) is 6.88. The van der Waals surface area contributed by atoms with Crippen LogP contribution >= 0.6 is 0 Å². The average Bonchev–Trinajstić information content (AvgIpc) is 3.63. The summed E-state index contributed by atoms with van der Waals surface area (Å²) >= 11 is 0. The van der Waals surface area contributed by atoms with Gasteiger partial charge in [-0.1, -0.05) is 13.8 Å². The van der Waals surface area contributed by atoms with Crippen LogP contribution in [0.15, 0.2) is 61.2 Å². The van der Waals surface area contributed by atoms with Crippen molar-refractivity contribution in [2.24, 2.45) is 0 Å². The molecule has 2 aromatic heterocycles. The number of hydrogen-bond acceptors (Lipinski definition) is 6. The fourth-order valence-electron chi connectivity index (χ4n) is 4.56. The van der Waals surface area contributed by atoms with E-state index in [1.165, 1.54) is 19.0 Å². The van der Waals surface area contributed by atoms with E-state index in [9.17, 15) is 10.1 Å². The van der Waals surface area contributed by atoms with E-state index in [4.69, 9.17) is 0 Å². The largest absolute Gasteiger partial charge is 0.351 e. The van der Waals surface area contributed by atoms with Gasteiger partial charge in [-0.25, -0.2) is 15.0 Å². The summed E-state index contributed by atoms with van der Waals surface area (Å²) in [4.78, 5) is 25.9. The highest BCUT2D eigenvalue weighted by atomic mass is 16.1. The van der Waals surface area contributed by atoms with Gasteiger partial charge in [0.1, 0.15) is 11.6 Å². The number of anilines is 2. The van der Waals surface area contributed by atoms with Crippen LogP contribution in [0.4, 0.5) is 11.5 Å². The van der Waals surface area contributed by atoms with Crippen molar-refractivity contribution < 1.29 is 4.79 Å². The van der Waals surface area contributed by atoms with E-state index in [0.29, 0.717) is 35.2 Å². The Bertz CT molecular complexity index is 1520. The molecule has 1 aliphatic heterocycles. The molecule has 0 bridgehead atoms. The zero-order chi connectivity index (χ0) is 24.9. The van der Waals surface area contributed by atoms with Crippen molar-refractivity contribution in [3.8, 4) is 23.1 Å². The molecular weight excluding hydrogens is 450 g/mol. The van der Waals surface area contributed by atoms with Crippen molar-refractivity contribution in [2.75, 3.05) is 11.9 Å². The average molecular weight is 476 g/mol. The van der Waals surface area contributed by atoms with E-state index in [1.54, 1.807) is 0 Å². The molecule has 1 saturated carbocycles. The normalized spacial score (nSPS) is 16.1. The van der Waals surface area contributed by atoms with Gasteiger partial charge < -0.3 is 15.2 Å². The molecule has 0 saturated heterocycles. The van der Waals surface area contributed by atoms with Gasteiger partial charge in [-0.2, -0.15) is 5.26 Å². The number of carbonyl (C=O) groups is 1. The van der Waals surface area contributed by atoms with Gasteiger partial charge in [0.15, 0.2) is 11.6 Å². The minimum Gasteiger partial charge on any atom is -0.351 e. The molecule has 0 spiro atoms. The van der Waals surface area contributed by atoms with Crippen molar-refractivity contribution in [1.29, 1.82) is 5.26 Å². The predicted octanol–water partition coefficient (Wildman–Crippen LogP) is 4.84. The highest BCUT2D eigenvalue weighted by molar-refractivity contribution is 5.98. The molecule has 8 heteroatoms. The molecule has 0 atom stereocenters. The highest BCUT2D eigenvalue weighted by Gasteiger charge is 2.31. The lowest BCUT2D eigenvalue weighted by atomic mass is 9.79. The van der Waals surface area contributed by atoms with Gasteiger partial charge in [0.2, 0.25) is 0 Å². The molecule has 2 N–H and O–H groups in total. The van der Waals surface area contributed by atoms with Crippen molar-refractivity contribution in [2.45, 2.75) is 38.0 Å². The van der Waals surface area contributed by atoms with Crippen LogP contribution in [-0.2, 0) is 5.41 Å². The summed E-state index contributed by atoms with van der Waals surface area (Å²) in [6.45, 7) is 4.76. The third kappa shape index (κ3) is 3.99. The van der Waals surface area contributed by atoms with E-state index in [0.717, 1.165) is 28.2 Å². The Morgan fingerprint density at radius 3 is 2.69 bits per heavy atom. The van der Waals surface area contributed by atoms with Gasteiger partial charge >= 0.3 is 0 Å². The summed E-state index contributed by atoms with van der Waals surface area (Å²) in [6.07, 6.45) is 7.93. The lowest BCUT2D eigenvalue weighted by molar-refractivity contribution is 0.0930. The number of nitrogens with zero attached hydrogens (tertiary/aromatic N) is 5. The number of imidazole rings is 1. The van der Waals surface area contributed by atoms with Crippen LogP contribution in [0, 0.1) is 11.3 Å². The molecule has 2 aromatic carbocycles. The molecule has 36 heavy (non-hydrogen) atoms. The predicted molar refractivity (Wildman–Crippen MR) is 136 cm³/mol. The van der Waals surface area contributed by atoms with E-state index in [1.807, 2.05) is 53.4 Å². The summed E-state index contributed by atoms with van der Waals surface area (Å²) in [7, 11) is 0. The van der Waals surface area contributed by atoms with Crippen LogP contribution < -0.4 is 10.6 Å². The van der Waals surface area contributed by atoms with E-state index >= 15 is 0 Å². The molecule has 0 unspecified atom stereocenters. The smallest absolute Gasteiger partial charge is 0.251 e. The van der Waals surface area contributed by atoms with Gasteiger partial charge in [-0.3, -0.25) is 4.79 Å². The Balaban J connectivity index is 1.29. The summed E-state index contributed by atoms with van der Waals surface area (Å²) in [5, 5.41) is 15.9. The summed E-state index contributed by atoms with van der Waals surface area (Å²) < 4.78 is 2.03. The number of carbonyl (C=O) groups excluding carboxylic acids is 1. The topological polar surface area (TPSA) is 109 Å². The molecule has 1 fully saturated rings. The molecular formula is C28H25N7O. The summed E-state index contributed by atoms with van der Waals surface area (Å²) in [6, 6.07) is 15.7. The van der Waals surface area contributed by atoms with Crippen LogP contribution in [0.1, 0.15) is 59.8 Å². The molecule has 1 amide bonds. The van der Waals surface area contributed by atoms with Gasteiger partial charge in [0.25, 0.3) is 5.91 Å². The molecule has 8 nitrogen and oxygen atoms in total. The minimum absolute atomic E-state index is 0.0687. The maximum atomic E-state index is 12.3. The molecule has 4 aromatic rings. The highest BCUT2D eigenvalue weighted by Crippen LogP contribution is 2.39. The Kier molecular flexibility index (Phi) is 5.07. The van der Waals surface area contributed by atoms with Crippen LogP contribution in [-0.4, -0.2) is 32.0 Å². The third-order valence-corrected chi connectivity index (χ3v) is 6.88. The zero-order valence-electron chi connectivity index (χ0n) is 20.1. The Morgan fingerprint density at radius 1 is 1.14 bits per heavy atom. The quantitative estimate of drug-likeness (QED) is 0.427. The molecule has 0 radical (unpaired) electrons. The Hall–Kier alpha value is -4.51. The number of hydrogen-bond donors (Lipinski definition) is 2. The number of benzene rings is 2. The summed E-state index contributed by atoms with van der Waals surface area (Å²) in [5.74, 6) is 1.49. The number of nitrogens with one attached hydrogen (secondary N) is 2. The second-order valence-electron chi connectivity index (χ2n) is 10.0. The van der Waals surface area contributed by atoms with Gasteiger partial charge in [-0.05, 0) is 60.9 Å². The van der Waals surface area contributed by atoms with E-state index < -0.39 is 0 Å². The van der Waals surface area contributed by atoms with E-state index in [-0.39, 0.29) is 11.3 Å². The van der Waals surface area contributed by atoms with Crippen molar-refractivity contribution in [3.05, 3.63) is 83.6 Å². The number of rotatable bonds is 5. The monoisotopic (exact) mass is 475 g/mol. The van der Waals surface area contributed by atoms with Crippen LogP contribution in [0.3, 0.4) is 0 Å². The lowest BCUT2D eigenvalue weighted by Crippen LogP contribution is -2.43. The van der Waals surface area contributed by atoms with Crippen molar-refractivity contribution in [3.63, 3.8) is 0 Å². The number of nitriles is 1. The number of amides is 1. The first-order valence-corrected chi connectivity index (χ1v) is 12.0. The molecule has 6 rings (SSSR count). The maximum absolute atomic E-state index is 12.3. The van der Waals surface area contributed by atoms with Crippen molar-refractivity contribution in [1.82, 2.24) is 24.8 Å². The Morgan fingerprint density at radius 2 is 1.94 bits per heavy atom. The van der Waals surface area contributed by atoms with Gasteiger partial charge in [0.05, 0.1) is 18.2 Å². The second-order valence-corrected chi connectivity index (χ2v) is 10.0. The van der Waals surface area contributed by atoms with Crippen LogP contribution in [0.2, 0.25) is 0 Å². The van der Waals surface area contributed by atoms with Crippen LogP contribution in [0.5, 0.6) is 0 Å². The minimum atomic E-state index is -0.202. The summed E-state index contributed by atoms with van der Waals surface area (Å²) in [5.41, 5.74) is 5.55. The van der Waals surface area contributed by atoms with Gasteiger partial charge in [-0.15, -0.1) is 0 Å². The van der Waals surface area contributed by atoms with Crippen molar-refractivity contribution >= 4 is 17.4 Å². The molecule has 1 aliphatic carbocycles. The molecule has 2 aliphatic rings. The first-order chi connectivity index (χ1) is 17.4. The first-order valence-electron chi connectivity index (χ1n) is 12.0. The lowest BCUT2D eigenvalue weighted by Gasteiger charge is -2.32. The SMILES string of the molecule is CC1(C)CNC(=O)c2ccc(Nc3nc(-c4ccc(-n5cnc(C6CC6)c5)cc4)ncc3C#N)cc21. The fourth-order valence-corrected chi connectivity index (χ4v) is 4.56. The maximum Gasteiger partial charge on any atom is 0.251 e. The number of fused-ring (bicyclic) bond motifs is 1. The fraction of sp³-hybridized carbons (Fsp3) is 0.250.